The van der Waals surface area contributed by atoms with Crippen molar-refractivity contribution in [2.24, 2.45) is 5.10 Å². The van der Waals surface area contributed by atoms with E-state index in [-0.39, 0.29) is 12.3 Å². The molecule has 13 heteroatoms. The Kier molecular flexibility index (Phi) is 8.89. The molecular formula is C24H22N4O8S. The Labute approximate surface area is 212 Å². The second-order valence-electron chi connectivity index (χ2n) is 7.30. The van der Waals surface area contributed by atoms with Gasteiger partial charge in [-0.05, 0) is 35.9 Å². The maximum Gasteiger partial charge on any atom is 0.343 e. The SMILES string of the molecule is COC(=O)COc1cccc(/C=N\NC(=O)CN(c2ccccc2)S(=O)(=O)c2ccccc2[N+](=O)[O-])c1. The highest BCUT2D eigenvalue weighted by Gasteiger charge is 2.33. The number of anilines is 1. The smallest absolute Gasteiger partial charge is 0.343 e. The topological polar surface area (TPSA) is 158 Å². The summed E-state index contributed by atoms with van der Waals surface area (Å²) >= 11 is 0. The largest absolute Gasteiger partial charge is 0.482 e. The van der Waals surface area contributed by atoms with E-state index in [2.05, 4.69) is 15.3 Å². The average molecular weight is 527 g/mol. The van der Waals surface area contributed by atoms with Crippen LogP contribution in [-0.4, -0.2) is 51.7 Å². The van der Waals surface area contributed by atoms with Crippen LogP contribution in [0.2, 0.25) is 0 Å². The Balaban J connectivity index is 1.78. The minimum Gasteiger partial charge on any atom is -0.482 e. The van der Waals surface area contributed by atoms with E-state index in [1.54, 1.807) is 42.5 Å². The van der Waals surface area contributed by atoms with Crippen molar-refractivity contribution in [2.75, 3.05) is 24.6 Å². The fraction of sp³-hybridized carbons (Fsp3) is 0.125. The van der Waals surface area contributed by atoms with Gasteiger partial charge < -0.3 is 9.47 Å². The molecule has 1 amide bonds. The number of nitro benzene ring substituents is 1. The minimum atomic E-state index is -4.50. The summed E-state index contributed by atoms with van der Waals surface area (Å²) in [5.74, 6) is -0.975. The van der Waals surface area contributed by atoms with Crippen molar-refractivity contribution in [3.8, 4) is 5.75 Å². The molecule has 3 rings (SSSR count). The van der Waals surface area contributed by atoms with E-state index < -0.39 is 44.0 Å². The molecule has 0 spiro atoms. The lowest BCUT2D eigenvalue weighted by molar-refractivity contribution is -0.387. The van der Waals surface area contributed by atoms with Crippen LogP contribution in [0.5, 0.6) is 5.75 Å². The van der Waals surface area contributed by atoms with E-state index in [9.17, 15) is 28.1 Å². The number of rotatable bonds is 11. The molecule has 3 aromatic rings. The van der Waals surface area contributed by atoms with E-state index in [0.29, 0.717) is 11.3 Å². The molecule has 0 bridgehead atoms. The Morgan fingerprint density at radius 1 is 1.05 bits per heavy atom. The third kappa shape index (κ3) is 7.11. The molecule has 3 aromatic carbocycles. The molecule has 0 unspecified atom stereocenters. The summed E-state index contributed by atoms with van der Waals surface area (Å²) < 4.78 is 37.4. The lowest BCUT2D eigenvalue weighted by Gasteiger charge is -2.23. The van der Waals surface area contributed by atoms with Gasteiger partial charge in [-0.25, -0.2) is 18.6 Å². The molecule has 0 aliphatic rings. The number of benzene rings is 3. The van der Waals surface area contributed by atoms with Crippen molar-refractivity contribution in [1.82, 2.24) is 5.43 Å². The summed E-state index contributed by atoms with van der Waals surface area (Å²) in [5, 5.41) is 15.3. The highest BCUT2D eigenvalue weighted by atomic mass is 32.2. The normalized spacial score (nSPS) is 11.1. The van der Waals surface area contributed by atoms with Crippen LogP contribution < -0.4 is 14.5 Å². The summed E-state index contributed by atoms with van der Waals surface area (Å²) in [6.45, 7) is -0.977. The Hall–Kier alpha value is -4.78. The van der Waals surface area contributed by atoms with Gasteiger partial charge in [-0.15, -0.1) is 0 Å². The van der Waals surface area contributed by atoms with Crippen molar-refractivity contribution in [3.05, 3.63) is 94.5 Å². The molecule has 0 radical (unpaired) electrons. The highest BCUT2D eigenvalue weighted by Crippen LogP contribution is 2.29. The predicted octanol–water partition coefficient (Wildman–Crippen LogP) is 2.49. The molecule has 37 heavy (non-hydrogen) atoms. The third-order valence-electron chi connectivity index (χ3n) is 4.81. The van der Waals surface area contributed by atoms with Gasteiger partial charge in [0, 0.05) is 6.07 Å². The first kappa shape index (κ1) is 26.8. The number of nitrogens with one attached hydrogen (secondary N) is 1. The summed E-state index contributed by atoms with van der Waals surface area (Å²) in [7, 11) is -3.26. The quantitative estimate of drug-likeness (QED) is 0.173. The number of sulfonamides is 1. The molecule has 1 N–H and O–H groups in total. The number of hydrogen-bond donors (Lipinski definition) is 1. The number of hydrazone groups is 1. The second-order valence-corrected chi connectivity index (χ2v) is 9.13. The van der Waals surface area contributed by atoms with Crippen molar-refractivity contribution >= 4 is 39.5 Å². The number of amides is 1. The molecule has 0 aliphatic carbocycles. The van der Waals surface area contributed by atoms with Gasteiger partial charge >= 0.3 is 5.97 Å². The monoisotopic (exact) mass is 526 g/mol. The number of hydrogen-bond acceptors (Lipinski definition) is 9. The number of methoxy groups -OCH3 is 1. The van der Waals surface area contributed by atoms with Gasteiger partial charge in [0.1, 0.15) is 12.3 Å². The van der Waals surface area contributed by atoms with Gasteiger partial charge in [0.25, 0.3) is 21.6 Å². The molecule has 12 nitrogen and oxygen atoms in total. The van der Waals surface area contributed by atoms with Gasteiger partial charge in [0.2, 0.25) is 0 Å². The maximum atomic E-state index is 13.4. The first-order chi connectivity index (χ1) is 17.7. The Morgan fingerprint density at radius 3 is 2.46 bits per heavy atom. The number of carbonyl (C=O) groups excluding carboxylic acids is 2. The van der Waals surface area contributed by atoms with E-state index >= 15 is 0 Å². The van der Waals surface area contributed by atoms with E-state index in [4.69, 9.17) is 4.74 Å². The second kappa shape index (κ2) is 12.3. The van der Waals surface area contributed by atoms with Gasteiger partial charge in [0.05, 0.1) is 23.9 Å². The number of para-hydroxylation sites is 2. The number of carbonyl (C=O) groups is 2. The highest BCUT2D eigenvalue weighted by molar-refractivity contribution is 7.93. The Morgan fingerprint density at radius 2 is 1.76 bits per heavy atom. The van der Waals surface area contributed by atoms with E-state index in [0.717, 1.165) is 16.4 Å². The molecule has 0 aliphatic heterocycles. The van der Waals surface area contributed by atoms with Crippen LogP contribution >= 0.6 is 0 Å². The van der Waals surface area contributed by atoms with Gasteiger partial charge in [-0.2, -0.15) is 5.10 Å². The van der Waals surface area contributed by atoms with Crippen LogP contribution in [0.1, 0.15) is 5.56 Å². The summed E-state index contributed by atoms with van der Waals surface area (Å²) in [6, 6.07) is 19.1. The van der Waals surface area contributed by atoms with Crippen molar-refractivity contribution in [3.63, 3.8) is 0 Å². The zero-order valence-corrected chi connectivity index (χ0v) is 20.3. The average Bonchev–Trinajstić information content (AvgIpc) is 2.91. The maximum absolute atomic E-state index is 13.4. The van der Waals surface area contributed by atoms with Crippen molar-refractivity contribution < 1.29 is 32.4 Å². The van der Waals surface area contributed by atoms with Crippen LogP contribution in [0.15, 0.2) is 88.9 Å². The lowest BCUT2D eigenvalue weighted by atomic mass is 10.2. The molecule has 192 valence electrons. The molecule has 0 fully saturated rings. The summed E-state index contributed by atoms with van der Waals surface area (Å²) in [5.41, 5.74) is 2.29. The van der Waals surface area contributed by atoms with Gasteiger partial charge in [-0.1, -0.05) is 42.5 Å². The zero-order valence-electron chi connectivity index (χ0n) is 19.5. The standard InChI is InChI=1S/C24H22N4O8S/c1-35-24(30)17-36-20-11-7-8-18(14-20)15-25-26-23(29)16-27(19-9-3-2-4-10-19)37(33,34)22-13-6-5-12-21(22)28(31)32/h2-15H,16-17H2,1H3,(H,26,29)/b25-15-. The van der Waals surface area contributed by atoms with Crippen LogP contribution in [0.4, 0.5) is 11.4 Å². The molecule has 0 aromatic heterocycles. The lowest BCUT2D eigenvalue weighted by Crippen LogP contribution is -2.39. The van der Waals surface area contributed by atoms with E-state index in [1.807, 2.05) is 0 Å². The summed E-state index contributed by atoms with van der Waals surface area (Å²) in [6.07, 6.45) is 1.30. The number of esters is 1. The molecular weight excluding hydrogens is 504 g/mol. The fourth-order valence-electron chi connectivity index (χ4n) is 3.08. The molecule has 0 saturated heterocycles. The minimum absolute atomic E-state index is 0.134. The predicted molar refractivity (Wildman–Crippen MR) is 134 cm³/mol. The van der Waals surface area contributed by atoms with Crippen LogP contribution in [0, 0.1) is 10.1 Å². The number of ether oxygens (including phenoxy) is 2. The van der Waals surface area contributed by atoms with E-state index in [1.165, 1.54) is 37.6 Å². The first-order valence-corrected chi connectivity index (χ1v) is 12.1. The van der Waals surface area contributed by atoms with Gasteiger partial charge in [-0.3, -0.25) is 19.2 Å². The zero-order chi connectivity index (χ0) is 26.8. The summed E-state index contributed by atoms with van der Waals surface area (Å²) in [4.78, 5) is 33.9. The van der Waals surface area contributed by atoms with Crippen LogP contribution in [0.25, 0.3) is 0 Å². The number of nitrogens with zero attached hydrogens (tertiary/aromatic N) is 3. The van der Waals surface area contributed by atoms with Crippen molar-refractivity contribution in [1.29, 1.82) is 0 Å². The first-order valence-electron chi connectivity index (χ1n) is 10.6. The molecule has 0 heterocycles. The number of nitro groups is 1. The van der Waals surface area contributed by atoms with Gasteiger partial charge in [0.15, 0.2) is 11.5 Å². The third-order valence-corrected chi connectivity index (χ3v) is 6.63. The van der Waals surface area contributed by atoms with Crippen molar-refractivity contribution in [2.45, 2.75) is 4.90 Å². The van der Waals surface area contributed by atoms with Crippen LogP contribution in [-0.2, 0) is 24.3 Å². The molecule has 0 saturated carbocycles. The van der Waals surface area contributed by atoms with Crippen LogP contribution in [0.3, 0.4) is 0 Å². The molecule has 0 atom stereocenters. The fourth-order valence-corrected chi connectivity index (χ4v) is 4.67. The Bertz CT molecular complexity index is 1410.